The average molecular weight is 196 g/mol. The Hall–Kier alpha value is 0.520. The molecule has 2 nitrogen and oxygen atoms in total. The van der Waals surface area contributed by atoms with E-state index < -0.39 is 0 Å². The molecule has 0 aliphatic rings. The number of amidine groups is 1. The van der Waals surface area contributed by atoms with Crippen molar-refractivity contribution in [2.45, 2.75) is 6.92 Å². The van der Waals surface area contributed by atoms with E-state index in [2.05, 4.69) is 8.11 Å². The van der Waals surface area contributed by atoms with Crippen LogP contribution in [0.1, 0.15) is 6.92 Å². The summed E-state index contributed by atoms with van der Waals surface area (Å²) in [4.78, 5) is 0. The van der Waals surface area contributed by atoms with Gasteiger partial charge in [-0.05, 0) is 42.8 Å². The fourth-order valence-corrected chi connectivity index (χ4v) is 2.16. The van der Waals surface area contributed by atoms with Gasteiger partial charge in [-0.25, -0.2) is 8.11 Å². The Kier molecular flexibility index (Phi) is 6.57. The van der Waals surface area contributed by atoms with Gasteiger partial charge in [0.1, 0.15) is 5.84 Å². The zero-order valence-corrected chi connectivity index (χ0v) is 9.07. The summed E-state index contributed by atoms with van der Waals surface area (Å²) in [7, 11) is 0. The summed E-state index contributed by atoms with van der Waals surface area (Å²) in [6, 6.07) is 0. The molecule has 10 heavy (non-hydrogen) atoms. The smallest absolute Gasteiger partial charge is 0.130 e. The van der Waals surface area contributed by atoms with Gasteiger partial charge >= 0.3 is 0 Å². The Bertz CT molecular complexity index is 111. The third kappa shape index (κ3) is 3.63. The molecule has 60 valence electrons. The fraction of sp³-hybridized carbons (Fsp3) is 0.800. The van der Waals surface area contributed by atoms with Crippen LogP contribution in [0.4, 0.5) is 0 Å². The standard InChI is InChI=1S/C5H12N2S3/c1-5(6-8-2)7(9-3)10-4/h1-4H3. The summed E-state index contributed by atoms with van der Waals surface area (Å²) in [6.45, 7) is 2.00. The normalized spacial score (nSPS) is 11.8. The minimum atomic E-state index is 1.05. The molecule has 5 heteroatoms. The van der Waals surface area contributed by atoms with E-state index in [1.807, 2.05) is 25.7 Å². The third-order valence-corrected chi connectivity index (χ3v) is 3.35. The lowest BCUT2D eigenvalue weighted by Crippen LogP contribution is -2.11. The molecule has 0 unspecified atom stereocenters. The van der Waals surface area contributed by atoms with Crippen LogP contribution < -0.4 is 0 Å². The second-order valence-corrected chi connectivity index (χ2v) is 3.68. The quantitative estimate of drug-likeness (QED) is 0.391. The van der Waals surface area contributed by atoms with E-state index in [0.717, 1.165) is 5.84 Å². The molecule has 0 saturated heterocycles. The van der Waals surface area contributed by atoms with Crippen molar-refractivity contribution in [1.82, 2.24) is 3.71 Å². The maximum atomic E-state index is 4.18. The van der Waals surface area contributed by atoms with Crippen molar-refractivity contribution in [1.29, 1.82) is 0 Å². The Balaban J connectivity index is 3.87. The molecule has 0 aliphatic heterocycles. The average Bonchev–Trinajstić information content (AvgIpc) is 1.91. The molecule has 0 aromatic heterocycles. The highest BCUT2D eigenvalue weighted by Gasteiger charge is 2.01. The van der Waals surface area contributed by atoms with Gasteiger partial charge in [0.2, 0.25) is 0 Å². The van der Waals surface area contributed by atoms with E-state index in [-0.39, 0.29) is 0 Å². The highest BCUT2D eigenvalue weighted by atomic mass is 32.2. The Labute approximate surface area is 75.6 Å². The van der Waals surface area contributed by atoms with Gasteiger partial charge in [0.05, 0.1) is 0 Å². The predicted octanol–water partition coefficient (Wildman–Crippen LogP) is 2.54. The lowest BCUT2D eigenvalue weighted by Gasteiger charge is -2.15. The maximum Gasteiger partial charge on any atom is 0.130 e. The molecule has 0 heterocycles. The Morgan fingerprint density at radius 2 is 1.70 bits per heavy atom. The SMILES string of the molecule is CSN=C(C)N(SC)SC. The zero-order chi connectivity index (χ0) is 7.98. The molecule has 0 N–H and O–H groups in total. The van der Waals surface area contributed by atoms with Crippen LogP contribution in [0.5, 0.6) is 0 Å². The van der Waals surface area contributed by atoms with Crippen LogP contribution in [0, 0.1) is 0 Å². The summed E-state index contributed by atoms with van der Waals surface area (Å²) in [6.07, 6.45) is 6.04. The number of nitrogens with zero attached hydrogens (tertiary/aromatic N) is 2. The highest BCUT2D eigenvalue weighted by molar-refractivity contribution is 8.12. The van der Waals surface area contributed by atoms with Gasteiger partial charge in [0.25, 0.3) is 0 Å². The number of hydrogen-bond donors (Lipinski definition) is 0. The summed E-state index contributed by atoms with van der Waals surface area (Å²) in [5.74, 6) is 1.05. The monoisotopic (exact) mass is 196 g/mol. The highest BCUT2D eigenvalue weighted by Crippen LogP contribution is 2.17. The minimum Gasteiger partial charge on any atom is -0.245 e. The Morgan fingerprint density at radius 3 is 2.00 bits per heavy atom. The lowest BCUT2D eigenvalue weighted by molar-refractivity contribution is 1.13. The van der Waals surface area contributed by atoms with Crippen molar-refractivity contribution in [3.05, 3.63) is 0 Å². The second kappa shape index (κ2) is 6.24. The first kappa shape index (κ1) is 10.5. The van der Waals surface area contributed by atoms with Crippen molar-refractivity contribution < 1.29 is 0 Å². The molecule has 0 fully saturated rings. The van der Waals surface area contributed by atoms with Gasteiger partial charge in [0.15, 0.2) is 0 Å². The molecule has 0 atom stereocenters. The largest absolute Gasteiger partial charge is 0.245 e. The predicted molar refractivity (Wildman–Crippen MR) is 55.5 cm³/mol. The van der Waals surface area contributed by atoms with E-state index in [1.54, 1.807) is 23.9 Å². The summed E-state index contributed by atoms with van der Waals surface area (Å²) in [5, 5.41) is 0. The molecule has 0 radical (unpaired) electrons. The van der Waals surface area contributed by atoms with Crippen molar-refractivity contribution in [2.24, 2.45) is 4.40 Å². The first-order valence-electron chi connectivity index (χ1n) is 2.72. The van der Waals surface area contributed by atoms with Crippen molar-refractivity contribution in [2.75, 3.05) is 18.8 Å². The lowest BCUT2D eigenvalue weighted by atomic mass is 10.7. The first-order chi connectivity index (χ1) is 4.76. The van der Waals surface area contributed by atoms with E-state index in [4.69, 9.17) is 0 Å². The number of rotatable bonds is 3. The fourth-order valence-electron chi connectivity index (χ4n) is 0.504. The minimum absolute atomic E-state index is 1.05. The van der Waals surface area contributed by atoms with Crippen LogP contribution in [0.25, 0.3) is 0 Å². The van der Waals surface area contributed by atoms with E-state index in [0.29, 0.717) is 0 Å². The van der Waals surface area contributed by atoms with E-state index in [9.17, 15) is 0 Å². The van der Waals surface area contributed by atoms with E-state index >= 15 is 0 Å². The van der Waals surface area contributed by atoms with Gasteiger partial charge in [-0.2, -0.15) is 0 Å². The molecule has 0 rings (SSSR count). The molecule has 0 amide bonds. The zero-order valence-electron chi connectivity index (χ0n) is 6.62. The van der Waals surface area contributed by atoms with Crippen LogP contribution >= 0.6 is 35.8 Å². The van der Waals surface area contributed by atoms with Gasteiger partial charge in [-0.15, -0.1) is 0 Å². The van der Waals surface area contributed by atoms with Crippen LogP contribution in [-0.2, 0) is 0 Å². The van der Waals surface area contributed by atoms with Gasteiger partial charge in [0, 0.05) is 18.8 Å². The first-order valence-corrected chi connectivity index (χ1v) is 6.26. The summed E-state index contributed by atoms with van der Waals surface area (Å²) < 4.78 is 6.25. The molecular formula is C5H12N2S3. The van der Waals surface area contributed by atoms with E-state index in [1.165, 1.54) is 11.9 Å². The summed E-state index contributed by atoms with van der Waals surface area (Å²) in [5.41, 5.74) is 0. The van der Waals surface area contributed by atoms with Crippen molar-refractivity contribution in [3.8, 4) is 0 Å². The molecule has 0 aromatic rings. The van der Waals surface area contributed by atoms with Crippen LogP contribution in [0.15, 0.2) is 4.40 Å². The van der Waals surface area contributed by atoms with Gasteiger partial charge < -0.3 is 0 Å². The molecule has 0 aromatic carbocycles. The topological polar surface area (TPSA) is 15.6 Å². The molecular weight excluding hydrogens is 184 g/mol. The van der Waals surface area contributed by atoms with Gasteiger partial charge in [-0.3, -0.25) is 0 Å². The van der Waals surface area contributed by atoms with Crippen molar-refractivity contribution in [3.63, 3.8) is 0 Å². The molecule has 0 bridgehead atoms. The second-order valence-electron chi connectivity index (χ2n) is 1.44. The van der Waals surface area contributed by atoms with Crippen LogP contribution in [0.3, 0.4) is 0 Å². The number of hydrogen-bond acceptors (Lipinski definition) is 4. The molecule has 0 aliphatic carbocycles. The van der Waals surface area contributed by atoms with Crippen LogP contribution in [0.2, 0.25) is 0 Å². The van der Waals surface area contributed by atoms with Crippen LogP contribution in [-0.4, -0.2) is 28.3 Å². The Morgan fingerprint density at radius 1 is 1.20 bits per heavy atom. The van der Waals surface area contributed by atoms with Gasteiger partial charge in [-0.1, -0.05) is 0 Å². The summed E-state index contributed by atoms with van der Waals surface area (Å²) >= 11 is 4.83. The maximum absolute atomic E-state index is 4.18. The molecule has 0 saturated carbocycles. The third-order valence-electron chi connectivity index (χ3n) is 0.819. The van der Waals surface area contributed by atoms with Crippen molar-refractivity contribution >= 4 is 41.7 Å². The molecule has 0 spiro atoms.